The number of ether oxygens (including phenoxy) is 5. The van der Waals surface area contributed by atoms with Crippen molar-refractivity contribution >= 4 is 126 Å². The van der Waals surface area contributed by atoms with Crippen LogP contribution in [0.5, 0.6) is 5.75 Å². The Morgan fingerprint density at radius 1 is 0.673 bits per heavy atom. The number of ketones is 1. The van der Waals surface area contributed by atoms with Crippen molar-refractivity contribution in [3.05, 3.63) is 272 Å². The number of aromatic nitrogens is 3. The molecule has 7 aromatic carbocycles. The number of nitrogens with one attached hydrogen (secondary N) is 5. The third-order valence-electron chi connectivity index (χ3n) is 16.6. The van der Waals surface area contributed by atoms with Gasteiger partial charge < -0.3 is 58.9 Å². The molecule has 0 spiro atoms. The first-order chi connectivity index (χ1) is 54.9. The highest BCUT2D eigenvalue weighted by Crippen LogP contribution is 2.44. The number of rotatable bonds is 24. The summed E-state index contributed by atoms with van der Waals surface area (Å²) in [5.74, 6) is 0.389. The van der Waals surface area contributed by atoms with Gasteiger partial charge in [-0.1, -0.05) is 107 Å². The number of phosphoric acid groups is 1. The van der Waals surface area contributed by atoms with Crippen molar-refractivity contribution < 1.29 is 91.2 Å². The summed E-state index contributed by atoms with van der Waals surface area (Å²) >= 11 is 0. The lowest BCUT2D eigenvalue weighted by Crippen LogP contribution is -2.26. The van der Waals surface area contributed by atoms with Crippen molar-refractivity contribution in [1.29, 1.82) is 0 Å². The number of halogens is 3. The number of aromatic amines is 1. The van der Waals surface area contributed by atoms with Crippen LogP contribution in [0.1, 0.15) is 85.9 Å². The van der Waals surface area contributed by atoms with Crippen LogP contribution in [0.25, 0.3) is 33.3 Å². The van der Waals surface area contributed by atoms with Crippen LogP contribution in [0.2, 0.25) is 0 Å². The van der Waals surface area contributed by atoms with Crippen LogP contribution in [0.15, 0.2) is 204 Å². The van der Waals surface area contributed by atoms with Gasteiger partial charge in [-0.3, -0.25) is 34.7 Å². The molecule has 0 saturated carbocycles. The van der Waals surface area contributed by atoms with Gasteiger partial charge in [-0.2, -0.15) is 0 Å². The van der Waals surface area contributed by atoms with Crippen LogP contribution in [0, 0.1) is 21.7 Å². The van der Waals surface area contributed by atoms with Crippen molar-refractivity contribution in [1.82, 2.24) is 30.5 Å². The van der Waals surface area contributed by atoms with Crippen LogP contribution < -0.4 is 26.0 Å². The second-order valence-corrected chi connectivity index (χ2v) is 30.5. The topological polar surface area (TPSA) is 362 Å². The number of Topliss-reactive ketones (excluding diaryl/α,β-unsaturated/α-hetero) is 1. The van der Waals surface area contributed by atoms with Crippen LogP contribution in [-0.2, 0) is 62.7 Å². The van der Waals surface area contributed by atoms with E-state index in [1.807, 2.05) is 67.7 Å². The summed E-state index contributed by atoms with van der Waals surface area (Å²) < 4.78 is 78.4. The molecule has 0 unspecified atom stereocenters. The zero-order chi connectivity index (χ0) is 81.5. The molecule has 13 rings (SSSR count). The van der Waals surface area contributed by atoms with E-state index in [2.05, 4.69) is 60.5 Å². The normalized spacial score (nSPS) is 12.4. The molecule has 0 saturated heterocycles. The number of benzene rings is 7. The average Bonchev–Trinajstić information content (AvgIpc) is 1.61. The van der Waals surface area contributed by atoms with Crippen LogP contribution in [0.3, 0.4) is 0 Å². The minimum Gasteiger partial charge on any atom is -0.448 e. The van der Waals surface area contributed by atoms with E-state index < -0.39 is 50.2 Å². The van der Waals surface area contributed by atoms with Gasteiger partial charge in [-0.15, -0.1) is 0 Å². The Morgan fingerprint density at radius 2 is 1.21 bits per heavy atom. The number of carbonyl (C=O) groups excluding carboxylic acids is 6. The van der Waals surface area contributed by atoms with Crippen LogP contribution in [0.4, 0.5) is 49.4 Å². The molecule has 0 bridgehead atoms. The second-order valence-electron chi connectivity index (χ2n) is 24.6. The summed E-state index contributed by atoms with van der Waals surface area (Å²) in [5.41, 5.74) is 14.3. The summed E-state index contributed by atoms with van der Waals surface area (Å²) in [4.78, 5) is 118. The van der Waals surface area contributed by atoms with Gasteiger partial charge in [-0.25, -0.2) is 42.5 Å². The molecular weight excluding hydrogens is 1560 g/mol. The van der Waals surface area contributed by atoms with Gasteiger partial charge in [0.15, 0.2) is 5.78 Å². The quantitative estimate of drug-likeness (QED) is 0.00407. The number of hydrogen-bond acceptors (Lipinski definition) is 21. The molecule has 4 amide bonds. The summed E-state index contributed by atoms with van der Waals surface area (Å²) in [6.07, 6.45) is 4.29. The van der Waals surface area contributed by atoms with E-state index in [0.717, 1.165) is 90.6 Å². The molecule has 10 aromatic rings. The van der Waals surface area contributed by atoms with Crippen molar-refractivity contribution in [3.8, 4) is 17.0 Å². The largest absolute Gasteiger partial charge is 0.514 e. The second kappa shape index (κ2) is 43.1. The maximum Gasteiger partial charge on any atom is 0.514 e. The first-order valence-corrected chi connectivity index (χ1v) is 40.7. The highest BCUT2D eigenvalue weighted by molar-refractivity contribution is 8.77. The Bertz CT molecular complexity index is 5020. The van der Waals surface area contributed by atoms with Crippen LogP contribution in [-0.4, -0.2) is 128 Å². The molecule has 8 N–H and O–H groups in total. The molecule has 0 radical (unpaired) electrons. The van der Waals surface area contributed by atoms with Crippen molar-refractivity contribution in [2.45, 2.75) is 68.5 Å². The van der Waals surface area contributed by atoms with Crippen molar-refractivity contribution in [3.63, 3.8) is 0 Å². The summed E-state index contributed by atoms with van der Waals surface area (Å²) in [6, 6.07) is 52.0. The SMILES string of the molecule is CN(Cc1ccc(C2=C3CCNC(=O)c4cc(F)cc(c43)C2)cc1)C(=O)OCc1ccc(NC(=O)OCCSSc2ccccn2)cc1.CNCc1ccc(-c2[nH]c3cc(F)cc4c3c2CCCC4=O)cc1.O=C(Nc1ccc(COC(=O)Oc2ccc([N+](=O)[O-])cc2)cc1)OCCSSc1ccccn1.O=P(O)(O)O.[2H]CF. The Labute approximate surface area is 664 Å². The predicted octanol–water partition coefficient (Wildman–Crippen LogP) is 17.1. The van der Waals surface area contributed by atoms with E-state index in [4.69, 9.17) is 44.3 Å². The first kappa shape index (κ1) is 84.4. The lowest BCUT2D eigenvalue weighted by atomic mass is 9.95. The van der Waals surface area contributed by atoms with Gasteiger partial charge in [0.25, 0.3) is 11.6 Å². The van der Waals surface area contributed by atoms with Crippen molar-refractivity contribution in [2.75, 3.05) is 63.1 Å². The molecule has 26 nitrogen and oxygen atoms in total. The molecule has 0 fully saturated rings. The lowest BCUT2D eigenvalue weighted by Gasteiger charge is -2.17. The number of nitro groups is 1. The zero-order valence-electron chi connectivity index (χ0n) is 61.6. The fourth-order valence-electron chi connectivity index (χ4n) is 11.7. The third kappa shape index (κ3) is 26.9. The minimum absolute atomic E-state index is 0.0353. The molecule has 3 aliphatic rings. The number of allylic oxidation sites excluding steroid dienone is 1. The standard InChI is InChI=1S/C36H33FN4O5S2.C22H19N3O7S2.C20H19FN2O.CH3F.H3O4P/c1-41(21-23-5-9-25(10-6-23)30-19-26-18-27(37)20-31-33(26)29(30)13-15-39-34(31)42)36(44)46-22-24-7-11-28(12-8-24)40-35(43)45-16-17-47-48-32-4-2-3-14-38-32;26-21(30-13-14-33-34-20-3-1-2-12-23-20)24-17-6-4-16(5-7-17)15-31-22(27)32-19-10-8-18(9-11-19)25(28)29;1-22-11-12-5-7-13(8-6-12)20-15-3-2-4-18(24)16-9-14(21)10-17(23-20)19(15)16;1-2;1-5(2,3)4/h2-12,14,18,20H,13,15-17,19,21-22H2,1H3,(H,39,42)(H,40,43);1-12H,13-15H2,(H,24,26);5-10,22-23H,2-4,11H2,1H3;1H3;(H3,1,2,3,4)/i;;;1D;. The number of carbonyl (C=O) groups is 6. The number of nitrogens with zero attached hydrogens (tertiary/aromatic N) is 4. The fraction of sp³-hybridized carbons (Fsp3) is 0.215. The number of nitro benzene ring substituents is 1. The molecule has 1 aliphatic heterocycles. The van der Waals surface area contributed by atoms with Crippen LogP contribution >= 0.6 is 51.0 Å². The monoisotopic (exact) mass is 1640 g/mol. The molecule has 2 aliphatic carbocycles. The Balaban J connectivity index is 0.000000196. The van der Waals surface area contributed by atoms with Gasteiger partial charge in [0.05, 0.1) is 19.0 Å². The van der Waals surface area contributed by atoms with Gasteiger partial charge >= 0.3 is 32.3 Å². The lowest BCUT2D eigenvalue weighted by molar-refractivity contribution is -0.384. The highest BCUT2D eigenvalue weighted by Gasteiger charge is 2.31. The Hall–Kier alpha value is -11.0. The fourth-order valence-corrected chi connectivity index (χ4v) is 15.1. The molecule has 590 valence electrons. The van der Waals surface area contributed by atoms with Gasteiger partial charge in [0.1, 0.15) is 53.9 Å². The maximum atomic E-state index is 14.3. The summed E-state index contributed by atoms with van der Waals surface area (Å²) in [5, 5.41) is 24.6. The summed E-state index contributed by atoms with van der Waals surface area (Å²) in [7, 11) is 4.09. The van der Waals surface area contributed by atoms with Gasteiger partial charge in [0.2, 0.25) is 0 Å². The molecule has 4 heterocycles. The van der Waals surface area contributed by atoms with E-state index in [1.165, 1.54) is 91.4 Å². The third-order valence-corrected chi connectivity index (χ3v) is 21.1. The number of alkyl halides is 1. The van der Waals surface area contributed by atoms with E-state index in [9.17, 15) is 52.1 Å². The highest BCUT2D eigenvalue weighted by atomic mass is 33.1. The molecule has 0 atom stereocenters. The van der Waals surface area contributed by atoms with Crippen molar-refractivity contribution in [2.24, 2.45) is 0 Å². The minimum atomic E-state index is -4.64. The number of anilines is 2. The summed E-state index contributed by atoms with van der Waals surface area (Å²) in [6.45, 7) is 2.21. The van der Waals surface area contributed by atoms with E-state index >= 15 is 0 Å². The number of non-ortho nitro benzene ring substituents is 1. The average molecular weight is 1640 g/mol. The smallest absolute Gasteiger partial charge is 0.448 e. The molecule has 34 heteroatoms. The van der Waals surface area contributed by atoms with Gasteiger partial charge in [-0.05, 0) is 200 Å². The Kier molecular flexibility index (Phi) is 32.2. The molecular formula is C79H77F3N9O17PS4. The zero-order valence-corrected chi connectivity index (χ0v) is 64.8. The van der Waals surface area contributed by atoms with E-state index in [0.29, 0.717) is 77.4 Å². The van der Waals surface area contributed by atoms with Gasteiger partial charge in [0, 0.05) is 103 Å². The van der Waals surface area contributed by atoms with E-state index in [1.54, 1.807) is 78.8 Å². The molecule has 113 heavy (non-hydrogen) atoms. The Morgan fingerprint density at radius 3 is 1.77 bits per heavy atom. The first-order valence-electron chi connectivity index (χ1n) is 35.2. The number of amides is 4. The maximum absolute atomic E-state index is 14.3. The number of H-pyrrole nitrogens is 1. The van der Waals surface area contributed by atoms with E-state index in [-0.39, 0.29) is 55.4 Å². The number of hydrogen-bond donors (Lipinski definition) is 8. The predicted molar refractivity (Wildman–Crippen MR) is 429 cm³/mol. The molecule has 3 aromatic heterocycles. The number of aryl methyl sites for hydroxylation is 1. The number of pyridine rings is 2.